The van der Waals surface area contributed by atoms with Crippen molar-refractivity contribution in [2.24, 2.45) is 5.92 Å². The van der Waals surface area contributed by atoms with Crippen molar-refractivity contribution < 1.29 is 4.79 Å². The molecule has 0 unspecified atom stereocenters. The van der Waals surface area contributed by atoms with Gasteiger partial charge in [-0.3, -0.25) is 4.79 Å². The largest absolute Gasteiger partial charge is 0.349 e. The van der Waals surface area contributed by atoms with Crippen LogP contribution in [0.4, 0.5) is 0 Å². The summed E-state index contributed by atoms with van der Waals surface area (Å²) in [5.74, 6) is 0.339. The highest BCUT2D eigenvalue weighted by molar-refractivity contribution is 5.79. The van der Waals surface area contributed by atoms with Crippen molar-refractivity contribution in [2.45, 2.75) is 32.7 Å². The Morgan fingerprint density at radius 3 is 2.68 bits per heavy atom. The second-order valence-electron chi connectivity index (χ2n) is 5.74. The van der Waals surface area contributed by atoms with Crippen molar-refractivity contribution >= 4 is 5.91 Å². The first-order chi connectivity index (χ1) is 9.06. The molecule has 0 aromatic heterocycles. The third kappa shape index (κ3) is 3.80. The molecule has 3 nitrogen and oxygen atoms in total. The van der Waals surface area contributed by atoms with Crippen LogP contribution in [0.25, 0.3) is 0 Å². The van der Waals surface area contributed by atoms with Crippen LogP contribution in [0.15, 0.2) is 24.3 Å². The van der Waals surface area contributed by atoms with Crippen molar-refractivity contribution in [1.82, 2.24) is 10.2 Å². The predicted octanol–water partition coefficient (Wildman–Crippen LogP) is 2.51. The molecule has 1 aromatic rings. The van der Waals surface area contributed by atoms with Crippen LogP contribution in [0.3, 0.4) is 0 Å². The smallest absolute Gasteiger partial charge is 0.224 e. The summed E-state index contributed by atoms with van der Waals surface area (Å²) in [6, 6.07) is 8.44. The summed E-state index contributed by atoms with van der Waals surface area (Å²) >= 11 is 0. The van der Waals surface area contributed by atoms with E-state index < -0.39 is 0 Å². The minimum Gasteiger partial charge on any atom is -0.349 e. The monoisotopic (exact) mass is 260 g/mol. The molecule has 1 fully saturated rings. The first kappa shape index (κ1) is 14.1. The van der Waals surface area contributed by atoms with E-state index in [1.54, 1.807) is 0 Å². The number of carbonyl (C=O) groups excluding carboxylic acids is 1. The van der Waals surface area contributed by atoms with E-state index in [-0.39, 0.29) is 17.9 Å². The minimum absolute atomic E-state index is 0.0836. The maximum absolute atomic E-state index is 12.3. The van der Waals surface area contributed by atoms with E-state index in [0.717, 1.165) is 25.9 Å². The molecule has 2 rings (SSSR count). The number of piperidine rings is 1. The van der Waals surface area contributed by atoms with Gasteiger partial charge in [0.1, 0.15) is 0 Å². The van der Waals surface area contributed by atoms with Crippen LogP contribution < -0.4 is 5.32 Å². The molecule has 3 heteroatoms. The minimum atomic E-state index is 0.0836. The van der Waals surface area contributed by atoms with Crippen LogP contribution in [0.1, 0.15) is 36.9 Å². The average molecular weight is 260 g/mol. The van der Waals surface area contributed by atoms with Crippen LogP contribution in [-0.4, -0.2) is 30.9 Å². The lowest BCUT2D eigenvalue weighted by molar-refractivity contribution is -0.127. The third-order valence-electron chi connectivity index (χ3n) is 3.93. The fourth-order valence-electron chi connectivity index (χ4n) is 2.65. The van der Waals surface area contributed by atoms with Gasteiger partial charge in [0.25, 0.3) is 0 Å². The van der Waals surface area contributed by atoms with Gasteiger partial charge in [-0.1, -0.05) is 29.8 Å². The second kappa shape index (κ2) is 6.20. The van der Waals surface area contributed by atoms with E-state index in [1.807, 2.05) is 0 Å². The highest BCUT2D eigenvalue weighted by atomic mass is 16.2. The normalized spacial score (nSPS) is 21.9. The number of nitrogens with one attached hydrogen (secondary N) is 1. The van der Waals surface area contributed by atoms with Gasteiger partial charge in [0.15, 0.2) is 0 Å². The Kier molecular flexibility index (Phi) is 4.59. The molecule has 0 radical (unpaired) electrons. The molecule has 1 aromatic carbocycles. The number of aryl methyl sites for hydroxylation is 1. The molecule has 104 valence electrons. The lowest BCUT2D eigenvalue weighted by atomic mass is 9.96. The van der Waals surface area contributed by atoms with E-state index in [2.05, 4.69) is 55.4 Å². The number of hydrogen-bond donors (Lipinski definition) is 1. The highest BCUT2D eigenvalue weighted by Crippen LogP contribution is 2.18. The molecule has 19 heavy (non-hydrogen) atoms. The second-order valence-corrected chi connectivity index (χ2v) is 5.74. The third-order valence-corrected chi connectivity index (χ3v) is 3.93. The maximum atomic E-state index is 12.3. The number of rotatable bonds is 3. The SMILES string of the molecule is Cc1ccc([C@H](C)NC(=O)[C@@H]2CCCN(C)C2)cc1. The van der Waals surface area contributed by atoms with Crippen LogP contribution in [0, 0.1) is 12.8 Å². The summed E-state index contributed by atoms with van der Waals surface area (Å²) in [6.45, 7) is 6.11. The Morgan fingerprint density at radius 2 is 2.05 bits per heavy atom. The Morgan fingerprint density at radius 1 is 1.37 bits per heavy atom. The Balaban J connectivity index is 1.92. The zero-order chi connectivity index (χ0) is 13.8. The van der Waals surface area contributed by atoms with E-state index >= 15 is 0 Å². The summed E-state index contributed by atoms with van der Waals surface area (Å²) < 4.78 is 0. The lowest BCUT2D eigenvalue weighted by Gasteiger charge is -2.29. The molecule has 0 spiro atoms. The Bertz CT molecular complexity index is 427. The van der Waals surface area contributed by atoms with Gasteiger partial charge >= 0.3 is 0 Å². The summed E-state index contributed by atoms with van der Waals surface area (Å²) in [6.07, 6.45) is 2.13. The molecule has 0 aliphatic carbocycles. The van der Waals surface area contributed by atoms with Gasteiger partial charge in [0.2, 0.25) is 5.91 Å². The van der Waals surface area contributed by atoms with Gasteiger partial charge in [0, 0.05) is 6.54 Å². The molecule has 1 aliphatic rings. The summed E-state index contributed by atoms with van der Waals surface area (Å²) in [5.41, 5.74) is 2.42. The van der Waals surface area contributed by atoms with Crippen LogP contribution in [0.2, 0.25) is 0 Å². The van der Waals surface area contributed by atoms with Gasteiger partial charge in [0.05, 0.1) is 12.0 Å². The Labute approximate surface area is 116 Å². The van der Waals surface area contributed by atoms with Gasteiger partial charge in [-0.25, -0.2) is 0 Å². The maximum Gasteiger partial charge on any atom is 0.224 e. The van der Waals surface area contributed by atoms with E-state index in [1.165, 1.54) is 11.1 Å². The van der Waals surface area contributed by atoms with Crippen LogP contribution in [-0.2, 0) is 4.79 Å². The van der Waals surface area contributed by atoms with Gasteiger partial charge in [-0.2, -0.15) is 0 Å². The standard InChI is InChI=1S/C16H24N2O/c1-12-6-8-14(9-7-12)13(2)17-16(19)15-5-4-10-18(3)11-15/h6-9,13,15H,4-5,10-11H2,1-3H3,(H,17,19)/t13-,15+/m0/s1. The van der Waals surface area contributed by atoms with Gasteiger partial charge in [-0.05, 0) is 45.8 Å². The zero-order valence-corrected chi connectivity index (χ0v) is 12.1. The fourth-order valence-corrected chi connectivity index (χ4v) is 2.65. The van der Waals surface area contributed by atoms with Crippen LogP contribution >= 0.6 is 0 Å². The van der Waals surface area contributed by atoms with Crippen molar-refractivity contribution in [2.75, 3.05) is 20.1 Å². The van der Waals surface area contributed by atoms with Crippen molar-refractivity contribution in [3.05, 3.63) is 35.4 Å². The topological polar surface area (TPSA) is 32.3 Å². The molecular weight excluding hydrogens is 236 g/mol. The van der Waals surface area contributed by atoms with E-state index in [9.17, 15) is 4.79 Å². The van der Waals surface area contributed by atoms with Crippen molar-refractivity contribution in [3.63, 3.8) is 0 Å². The lowest BCUT2D eigenvalue weighted by Crippen LogP contribution is -2.42. The molecule has 1 heterocycles. The predicted molar refractivity (Wildman–Crippen MR) is 78.0 cm³/mol. The van der Waals surface area contributed by atoms with E-state index in [0.29, 0.717) is 0 Å². The van der Waals surface area contributed by atoms with Crippen molar-refractivity contribution in [3.8, 4) is 0 Å². The van der Waals surface area contributed by atoms with Gasteiger partial charge in [-0.15, -0.1) is 0 Å². The average Bonchev–Trinajstić information content (AvgIpc) is 2.39. The molecular formula is C16H24N2O. The molecule has 1 aliphatic heterocycles. The summed E-state index contributed by atoms with van der Waals surface area (Å²) in [7, 11) is 2.09. The first-order valence-corrected chi connectivity index (χ1v) is 7.12. The summed E-state index contributed by atoms with van der Waals surface area (Å²) in [5, 5.41) is 3.14. The highest BCUT2D eigenvalue weighted by Gasteiger charge is 2.24. The van der Waals surface area contributed by atoms with Crippen molar-refractivity contribution in [1.29, 1.82) is 0 Å². The number of benzene rings is 1. The fraction of sp³-hybridized carbons (Fsp3) is 0.562. The molecule has 0 bridgehead atoms. The summed E-state index contributed by atoms with van der Waals surface area (Å²) in [4.78, 5) is 14.5. The molecule has 2 atom stereocenters. The Hall–Kier alpha value is -1.35. The number of carbonyl (C=O) groups is 1. The first-order valence-electron chi connectivity index (χ1n) is 7.12. The molecule has 1 N–H and O–H groups in total. The number of hydrogen-bond acceptors (Lipinski definition) is 2. The number of nitrogens with zero attached hydrogens (tertiary/aromatic N) is 1. The van der Waals surface area contributed by atoms with E-state index in [4.69, 9.17) is 0 Å². The quantitative estimate of drug-likeness (QED) is 0.905. The zero-order valence-electron chi connectivity index (χ0n) is 12.1. The molecule has 0 saturated carbocycles. The molecule has 1 amide bonds. The molecule has 1 saturated heterocycles. The van der Waals surface area contributed by atoms with Gasteiger partial charge < -0.3 is 10.2 Å². The number of likely N-dealkylation sites (tertiary alicyclic amines) is 1. The van der Waals surface area contributed by atoms with Crippen LogP contribution in [0.5, 0.6) is 0 Å². The number of amides is 1.